The van der Waals surface area contributed by atoms with Crippen molar-refractivity contribution in [3.63, 3.8) is 0 Å². The normalized spacial score (nSPS) is 27.3. The van der Waals surface area contributed by atoms with Gasteiger partial charge in [-0.3, -0.25) is 9.59 Å². The predicted octanol–water partition coefficient (Wildman–Crippen LogP) is 3.54. The van der Waals surface area contributed by atoms with Crippen molar-refractivity contribution in [1.82, 2.24) is 10.2 Å². The molecule has 26 heavy (non-hydrogen) atoms. The number of rotatable bonds is 4. The Balaban J connectivity index is 1.58. The maximum Gasteiger partial charge on any atom is 0.261 e. The zero-order valence-electron chi connectivity index (χ0n) is 15.2. The van der Waals surface area contributed by atoms with Gasteiger partial charge in [0.15, 0.2) is 0 Å². The maximum atomic E-state index is 13.2. The van der Waals surface area contributed by atoms with Gasteiger partial charge in [0.05, 0.1) is 4.91 Å². The molecule has 4 rings (SSSR count). The predicted molar refractivity (Wildman–Crippen MR) is 105 cm³/mol. The number of nitrogens with zero attached hydrogens (tertiary/aromatic N) is 1. The Kier molecular flexibility index (Phi) is 5.07. The third-order valence-electron chi connectivity index (χ3n) is 5.61. The van der Waals surface area contributed by atoms with Crippen molar-refractivity contribution in [2.24, 2.45) is 0 Å². The summed E-state index contributed by atoms with van der Waals surface area (Å²) in [6.07, 6.45) is 8.23. The van der Waals surface area contributed by atoms with Crippen LogP contribution in [0.2, 0.25) is 0 Å². The van der Waals surface area contributed by atoms with Crippen molar-refractivity contribution in [3.8, 4) is 0 Å². The molecule has 4 nitrogen and oxygen atoms in total. The maximum absolute atomic E-state index is 13.2. The fraction of sp³-hybridized carbons (Fsp3) is 0.524. The lowest BCUT2D eigenvalue weighted by Crippen LogP contribution is -2.51. The number of nitrogens with one attached hydrogen (secondary N) is 1. The van der Waals surface area contributed by atoms with E-state index in [0.29, 0.717) is 22.7 Å². The van der Waals surface area contributed by atoms with Crippen LogP contribution in [0.15, 0.2) is 35.2 Å². The molecule has 3 aliphatic rings. The molecule has 0 bridgehead atoms. The van der Waals surface area contributed by atoms with E-state index in [1.165, 1.54) is 24.0 Å². The third kappa shape index (κ3) is 3.83. The van der Waals surface area contributed by atoms with Gasteiger partial charge in [-0.2, -0.15) is 0 Å². The van der Waals surface area contributed by atoms with E-state index in [-0.39, 0.29) is 17.9 Å². The summed E-state index contributed by atoms with van der Waals surface area (Å²) in [6, 6.07) is 8.85. The number of benzene rings is 1. The summed E-state index contributed by atoms with van der Waals surface area (Å²) in [6.45, 7) is 2.73. The van der Waals surface area contributed by atoms with E-state index in [1.54, 1.807) is 17.8 Å². The van der Waals surface area contributed by atoms with Crippen LogP contribution in [0.3, 0.4) is 0 Å². The summed E-state index contributed by atoms with van der Waals surface area (Å²) in [5.41, 5.74) is 2.40. The largest absolute Gasteiger partial charge is 0.350 e. The van der Waals surface area contributed by atoms with Crippen LogP contribution in [-0.2, 0) is 16.1 Å². The molecule has 1 N–H and O–H groups in total. The van der Waals surface area contributed by atoms with Gasteiger partial charge in [-0.05, 0) is 43.7 Å². The van der Waals surface area contributed by atoms with Crippen LogP contribution in [-0.4, -0.2) is 34.0 Å². The van der Waals surface area contributed by atoms with Crippen LogP contribution in [0.1, 0.15) is 49.7 Å². The molecule has 2 saturated carbocycles. The standard InChI is InChI=1S/C21H26N2O2S/c1-14-6-2-3-7-15(14)13-23-17-8-4-5-9-18(17)26-19(21(23)25)12-20(24)22-16-10-11-16/h2-3,6-7,12,16-18H,4-5,8-11,13H2,1H3,(H,22,24)/b19-12-. The molecular weight excluding hydrogens is 344 g/mol. The number of hydrogen-bond donors (Lipinski definition) is 1. The number of carbonyl (C=O) groups excluding carboxylic acids is 2. The minimum Gasteiger partial charge on any atom is -0.350 e. The second kappa shape index (κ2) is 7.47. The summed E-state index contributed by atoms with van der Waals surface area (Å²) in [5.74, 6) is -0.0965. The average Bonchev–Trinajstić information content (AvgIpc) is 3.44. The van der Waals surface area contributed by atoms with Crippen molar-refractivity contribution in [2.75, 3.05) is 0 Å². The second-order valence-corrected chi connectivity index (χ2v) is 8.94. The van der Waals surface area contributed by atoms with Gasteiger partial charge >= 0.3 is 0 Å². The lowest BCUT2D eigenvalue weighted by molar-refractivity contribution is -0.130. The Hall–Kier alpha value is -1.75. The molecule has 138 valence electrons. The third-order valence-corrected chi connectivity index (χ3v) is 7.00. The highest BCUT2D eigenvalue weighted by atomic mass is 32.2. The zero-order chi connectivity index (χ0) is 18.1. The molecule has 1 aromatic rings. The Bertz CT molecular complexity index is 741. The first-order chi connectivity index (χ1) is 12.6. The van der Waals surface area contributed by atoms with Gasteiger partial charge in [0.1, 0.15) is 0 Å². The first-order valence-corrected chi connectivity index (χ1v) is 10.5. The minimum atomic E-state index is -0.117. The Morgan fingerprint density at radius 2 is 2.00 bits per heavy atom. The van der Waals surface area contributed by atoms with Gasteiger partial charge < -0.3 is 10.2 Å². The van der Waals surface area contributed by atoms with E-state index in [4.69, 9.17) is 0 Å². The van der Waals surface area contributed by atoms with Crippen LogP contribution in [0.5, 0.6) is 0 Å². The van der Waals surface area contributed by atoms with E-state index in [2.05, 4.69) is 24.4 Å². The molecule has 2 aliphatic carbocycles. The summed E-state index contributed by atoms with van der Waals surface area (Å²) in [4.78, 5) is 28.0. The van der Waals surface area contributed by atoms with Crippen LogP contribution < -0.4 is 5.32 Å². The monoisotopic (exact) mass is 370 g/mol. The van der Waals surface area contributed by atoms with Crippen molar-refractivity contribution < 1.29 is 9.59 Å². The highest BCUT2D eigenvalue weighted by molar-refractivity contribution is 8.04. The summed E-state index contributed by atoms with van der Waals surface area (Å²) >= 11 is 1.63. The number of carbonyl (C=O) groups is 2. The van der Waals surface area contributed by atoms with E-state index in [0.717, 1.165) is 25.7 Å². The Morgan fingerprint density at radius 3 is 2.77 bits per heavy atom. The van der Waals surface area contributed by atoms with E-state index in [9.17, 15) is 9.59 Å². The average molecular weight is 371 g/mol. The van der Waals surface area contributed by atoms with Gasteiger partial charge in [0, 0.05) is 30.0 Å². The summed E-state index contributed by atoms with van der Waals surface area (Å²) in [5, 5.41) is 3.38. The first kappa shape index (κ1) is 17.7. The van der Waals surface area contributed by atoms with Crippen molar-refractivity contribution in [3.05, 3.63) is 46.4 Å². The first-order valence-electron chi connectivity index (χ1n) is 9.66. The number of fused-ring (bicyclic) bond motifs is 1. The smallest absolute Gasteiger partial charge is 0.261 e. The molecule has 5 heteroatoms. The van der Waals surface area contributed by atoms with Crippen molar-refractivity contribution in [2.45, 2.75) is 69.3 Å². The molecular formula is C21H26N2O2S. The quantitative estimate of drug-likeness (QED) is 0.825. The molecule has 1 aromatic carbocycles. The molecule has 0 radical (unpaired) electrons. The SMILES string of the molecule is Cc1ccccc1CN1C(=O)/C(=C/C(=O)NC2CC2)SC2CCCCC21. The molecule has 1 aliphatic heterocycles. The lowest BCUT2D eigenvalue weighted by atomic mass is 9.92. The van der Waals surface area contributed by atoms with E-state index < -0.39 is 0 Å². The number of amides is 2. The molecule has 0 aromatic heterocycles. The molecule has 2 amide bonds. The van der Waals surface area contributed by atoms with Crippen LogP contribution in [0, 0.1) is 6.92 Å². The van der Waals surface area contributed by atoms with Crippen molar-refractivity contribution in [1.29, 1.82) is 0 Å². The number of aryl methyl sites for hydroxylation is 1. The topological polar surface area (TPSA) is 49.4 Å². The van der Waals surface area contributed by atoms with Gasteiger partial charge in [-0.15, -0.1) is 11.8 Å². The second-order valence-electron chi connectivity index (χ2n) is 7.66. The number of hydrogen-bond acceptors (Lipinski definition) is 3. The molecule has 2 unspecified atom stereocenters. The Morgan fingerprint density at radius 1 is 1.23 bits per heavy atom. The molecule has 0 spiro atoms. The van der Waals surface area contributed by atoms with E-state index >= 15 is 0 Å². The minimum absolute atomic E-state index is 0.0207. The summed E-state index contributed by atoms with van der Waals surface area (Å²) in [7, 11) is 0. The van der Waals surface area contributed by atoms with Crippen molar-refractivity contribution >= 4 is 23.6 Å². The summed E-state index contributed by atoms with van der Waals surface area (Å²) < 4.78 is 0. The molecule has 2 atom stereocenters. The van der Waals surface area contributed by atoms with Crippen LogP contribution >= 0.6 is 11.8 Å². The van der Waals surface area contributed by atoms with Gasteiger partial charge in [0.25, 0.3) is 5.91 Å². The van der Waals surface area contributed by atoms with E-state index in [1.807, 2.05) is 17.0 Å². The number of thioether (sulfide) groups is 1. The Labute approximate surface area is 159 Å². The molecule has 3 fully saturated rings. The van der Waals surface area contributed by atoms with Gasteiger partial charge in [0.2, 0.25) is 5.91 Å². The molecule has 1 saturated heterocycles. The highest BCUT2D eigenvalue weighted by Crippen LogP contribution is 2.42. The fourth-order valence-corrected chi connectivity index (χ4v) is 5.37. The van der Waals surface area contributed by atoms with Gasteiger partial charge in [-0.1, -0.05) is 37.1 Å². The molecule has 1 heterocycles. The zero-order valence-corrected chi connectivity index (χ0v) is 16.1. The van der Waals surface area contributed by atoms with Crippen LogP contribution in [0.4, 0.5) is 0 Å². The fourth-order valence-electron chi connectivity index (χ4n) is 3.92. The van der Waals surface area contributed by atoms with Gasteiger partial charge in [-0.25, -0.2) is 0 Å². The van der Waals surface area contributed by atoms with Crippen LogP contribution in [0.25, 0.3) is 0 Å². The lowest BCUT2D eigenvalue weighted by Gasteiger charge is -2.44. The highest BCUT2D eigenvalue weighted by Gasteiger charge is 2.40.